The molecule has 1 saturated heterocycles. The number of hydrogen-bond donors (Lipinski definition) is 2. The molecule has 0 aromatic rings. The maximum Gasteiger partial charge on any atom is 0.222 e. The standard InChI is InChI=1S/C15H30N2O2/c1-11(2)8-13(15(3,4)5)17-14(18)9-12-10-16-6-7-19-12/h11-13,16H,6-10H2,1-5H3,(H,17,18)/t12-,13+/m1/s1. The van der Waals surface area contributed by atoms with Crippen LogP contribution >= 0.6 is 0 Å². The molecule has 0 saturated carbocycles. The molecule has 2 N–H and O–H groups in total. The predicted molar refractivity (Wildman–Crippen MR) is 78.1 cm³/mol. The van der Waals surface area contributed by atoms with Crippen molar-refractivity contribution in [3.05, 3.63) is 0 Å². The summed E-state index contributed by atoms with van der Waals surface area (Å²) in [4.78, 5) is 12.1. The number of ether oxygens (including phenoxy) is 1. The Morgan fingerprint density at radius 2 is 2.11 bits per heavy atom. The van der Waals surface area contributed by atoms with Crippen LogP contribution in [-0.2, 0) is 9.53 Å². The topological polar surface area (TPSA) is 50.4 Å². The molecule has 2 atom stereocenters. The monoisotopic (exact) mass is 270 g/mol. The summed E-state index contributed by atoms with van der Waals surface area (Å²) in [5.74, 6) is 0.686. The number of rotatable bonds is 5. The molecule has 0 bridgehead atoms. The number of carbonyl (C=O) groups is 1. The first kappa shape index (κ1) is 16.4. The summed E-state index contributed by atoms with van der Waals surface area (Å²) in [7, 11) is 0. The van der Waals surface area contributed by atoms with Crippen LogP contribution in [0.2, 0.25) is 0 Å². The van der Waals surface area contributed by atoms with Crippen molar-refractivity contribution in [2.24, 2.45) is 11.3 Å². The van der Waals surface area contributed by atoms with Gasteiger partial charge in [-0.2, -0.15) is 0 Å². The van der Waals surface area contributed by atoms with Crippen molar-refractivity contribution in [1.29, 1.82) is 0 Å². The molecule has 1 heterocycles. The fraction of sp³-hybridized carbons (Fsp3) is 0.933. The van der Waals surface area contributed by atoms with Crippen molar-refractivity contribution in [3.63, 3.8) is 0 Å². The van der Waals surface area contributed by atoms with Gasteiger partial charge in [0.2, 0.25) is 5.91 Å². The second kappa shape index (κ2) is 7.25. The van der Waals surface area contributed by atoms with Crippen molar-refractivity contribution in [3.8, 4) is 0 Å². The molecule has 0 unspecified atom stereocenters. The second-order valence-electron chi connectivity index (χ2n) is 7.02. The first-order valence-electron chi connectivity index (χ1n) is 7.40. The molecule has 1 fully saturated rings. The number of amides is 1. The third-order valence-corrected chi connectivity index (χ3v) is 3.51. The zero-order valence-corrected chi connectivity index (χ0v) is 13.1. The maximum absolute atomic E-state index is 12.1. The van der Waals surface area contributed by atoms with Crippen LogP contribution in [0.25, 0.3) is 0 Å². The summed E-state index contributed by atoms with van der Waals surface area (Å²) >= 11 is 0. The summed E-state index contributed by atoms with van der Waals surface area (Å²) in [5.41, 5.74) is 0.0889. The molecule has 112 valence electrons. The third-order valence-electron chi connectivity index (χ3n) is 3.51. The molecule has 4 nitrogen and oxygen atoms in total. The minimum absolute atomic E-state index is 0.0217. The Balaban J connectivity index is 2.46. The van der Waals surface area contributed by atoms with Gasteiger partial charge < -0.3 is 15.4 Å². The number of carbonyl (C=O) groups excluding carboxylic acids is 1. The first-order valence-corrected chi connectivity index (χ1v) is 7.40. The highest BCUT2D eigenvalue weighted by molar-refractivity contribution is 5.76. The fourth-order valence-electron chi connectivity index (χ4n) is 2.31. The molecule has 4 heteroatoms. The number of nitrogens with one attached hydrogen (secondary N) is 2. The number of morpholine rings is 1. The van der Waals surface area contributed by atoms with E-state index in [1.165, 1.54) is 0 Å². The van der Waals surface area contributed by atoms with E-state index in [0.29, 0.717) is 18.9 Å². The van der Waals surface area contributed by atoms with Crippen molar-refractivity contribution >= 4 is 5.91 Å². The predicted octanol–water partition coefficient (Wildman–Crippen LogP) is 1.94. The van der Waals surface area contributed by atoms with Gasteiger partial charge in [-0.05, 0) is 17.8 Å². The van der Waals surface area contributed by atoms with E-state index >= 15 is 0 Å². The smallest absolute Gasteiger partial charge is 0.222 e. The van der Waals surface area contributed by atoms with Gasteiger partial charge in [0.25, 0.3) is 0 Å². The second-order valence-corrected chi connectivity index (χ2v) is 7.02. The minimum atomic E-state index is 0.0217. The summed E-state index contributed by atoms with van der Waals surface area (Å²) in [6, 6.07) is 0.219. The fourth-order valence-corrected chi connectivity index (χ4v) is 2.31. The maximum atomic E-state index is 12.1. The first-order chi connectivity index (χ1) is 8.79. The summed E-state index contributed by atoms with van der Waals surface area (Å²) in [5, 5.41) is 6.44. The van der Waals surface area contributed by atoms with Crippen molar-refractivity contribution < 1.29 is 9.53 Å². The summed E-state index contributed by atoms with van der Waals surface area (Å²) in [6.45, 7) is 13.3. The lowest BCUT2D eigenvalue weighted by molar-refractivity contribution is -0.126. The molecule has 0 spiro atoms. The van der Waals surface area contributed by atoms with E-state index in [0.717, 1.165) is 19.5 Å². The summed E-state index contributed by atoms with van der Waals surface area (Å²) in [6.07, 6.45) is 1.49. The Hall–Kier alpha value is -0.610. The van der Waals surface area contributed by atoms with Gasteiger partial charge in [-0.3, -0.25) is 4.79 Å². The van der Waals surface area contributed by atoms with Crippen molar-refractivity contribution in [2.75, 3.05) is 19.7 Å². The van der Waals surface area contributed by atoms with Crippen LogP contribution in [0.5, 0.6) is 0 Å². The van der Waals surface area contributed by atoms with E-state index in [1.807, 2.05) is 0 Å². The van der Waals surface area contributed by atoms with E-state index in [1.54, 1.807) is 0 Å². The normalized spacial score (nSPS) is 22.3. The van der Waals surface area contributed by atoms with Crippen molar-refractivity contribution in [2.45, 2.75) is 59.6 Å². The van der Waals surface area contributed by atoms with Gasteiger partial charge in [-0.1, -0.05) is 34.6 Å². The molecule has 0 aromatic heterocycles. The van der Waals surface area contributed by atoms with Gasteiger partial charge in [-0.15, -0.1) is 0 Å². The lowest BCUT2D eigenvalue weighted by Crippen LogP contribution is -2.47. The Morgan fingerprint density at radius 1 is 1.42 bits per heavy atom. The molecule has 0 aromatic carbocycles. The quantitative estimate of drug-likeness (QED) is 0.803. The number of hydrogen-bond acceptors (Lipinski definition) is 3. The highest BCUT2D eigenvalue weighted by atomic mass is 16.5. The Kier molecular flexibility index (Phi) is 6.27. The zero-order chi connectivity index (χ0) is 14.5. The highest BCUT2D eigenvalue weighted by Gasteiger charge is 2.28. The molecular weight excluding hydrogens is 240 g/mol. The van der Waals surface area contributed by atoms with Crippen LogP contribution in [0.1, 0.15) is 47.5 Å². The molecule has 1 aliphatic heterocycles. The SMILES string of the molecule is CC(C)C[C@H](NC(=O)C[C@@H]1CNCCO1)C(C)(C)C. The highest BCUT2D eigenvalue weighted by Crippen LogP contribution is 2.24. The lowest BCUT2D eigenvalue weighted by Gasteiger charge is -2.33. The molecule has 1 aliphatic rings. The van der Waals surface area contributed by atoms with E-state index < -0.39 is 0 Å². The van der Waals surface area contributed by atoms with Crippen molar-refractivity contribution in [1.82, 2.24) is 10.6 Å². The van der Waals surface area contributed by atoms with Crippen LogP contribution in [0.3, 0.4) is 0 Å². The molecular formula is C15H30N2O2. The van der Waals surface area contributed by atoms with Gasteiger partial charge in [-0.25, -0.2) is 0 Å². The largest absolute Gasteiger partial charge is 0.375 e. The minimum Gasteiger partial charge on any atom is -0.375 e. The average Bonchev–Trinajstić information content (AvgIpc) is 2.27. The van der Waals surface area contributed by atoms with Gasteiger partial charge in [0, 0.05) is 19.1 Å². The van der Waals surface area contributed by atoms with Gasteiger partial charge in [0.1, 0.15) is 0 Å². The molecule has 1 amide bonds. The average molecular weight is 270 g/mol. The molecule has 0 radical (unpaired) electrons. The van der Waals surface area contributed by atoms with Crippen LogP contribution in [0, 0.1) is 11.3 Å². The molecule has 1 rings (SSSR count). The van der Waals surface area contributed by atoms with Gasteiger partial charge >= 0.3 is 0 Å². The Labute approximate surface area is 117 Å². The van der Waals surface area contributed by atoms with Crippen LogP contribution in [0.15, 0.2) is 0 Å². The molecule has 19 heavy (non-hydrogen) atoms. The van der Waals surface area contributed by atoms with E-state index in [4.69, 9.17) is 4.74 Å². The van der Waals surface area contributed by atoms with E-state index in [2.05, 4.69) is 45.3 Å². The lowest BCUT2D eigenvalue weighted by atomic mass is 9.82. The third kappa shape index (κ3) is 6.39. The molecule has 0 aliphatic carbocycles. The Morgan fingerprint density at radius 3 is 2.58 bits per heavy atom. The van der Waals surface area contributed by atoms with Crippen LogP contribution in [-0.4, -0.2) is 37.7 Å². The zero-order valence-electron chi connectivity index (χ0n) is 13.1. The Bertz CT molecular complexity index is 278. The van der Waals surface area contributed by atoms with E-state index in [9.17, 15) is 4.79 Å². The van der Waals surface area contributed by atoms with Crippen LogP contribution in [0.4, 0.5) is 0 Å². The van der Waals surface area contributed by atoms with Gasteiger partial charge in [0.05, 0.1) is 19.1 Å². The van der Waals surface area contributed by atoms with Crippen LogP contribution < -0.4 is 10.6 Å². The van der Waals surface area contributed by atoms with Gasteiger partial charge in [0.15, 0.2) is 0 Å². The van der Waals surface area contributed by atoms with E-state index in [-0.39, 0.29) is 23.5 Å². The summed E-state index contributed by atoms with van der Waals surface area (Å²) < 4.78 is 5.57.